The molecular weight excluding hydrogens is 236 g/mol. The van der Waals surface area contributed by atoms with E-state index in [0.717, 1.165) is 31.9 Å². The summed E-state index contributed by atoms with van der Waals surface area (Å²) in [4.78, 5) is 2.43. The van der Waals surface area contributed by atoms with Crippen LogP contribution in [0.15, 0.2) is 30.5 Å². The summed E-state index contributed by atoms with van der Waals surface area (Å²) >= 11 is 0. The highest BCUT2D eigenvalue weighted by atomic mass is 15.3. The summed E-state index contributed by atoms with van der Waals surface area (Å²) in [7, 11) is 0. The third kappa shape index (κ3) is 2.40. The highest BCUT2D eigenvalue weighted by Gasteiger charge is 2.24. The van der Waals surface area contributed by atoms with Crippen molar-refractivity contribution in [1.82, 2.24) is 15.5 Å². The number of hydrogen-bond acceptors (Lipinski definition) is 4. The number of fused-ring (bicyclic) bond motifs is 1. The van der Waals surface area contributed by atoms with E-state index in [2.05, 4.69) is 51.6 Å². The maximum absolute atomic E-state index is 4.42. The van der Waals surface area contributed by atoms with Gasteiger partial charge in [-0.1, -0.05) is 31.2 Å². The monoisotopic (exact) mass is 256 g/mol. The predicted molar refractivity (Wildman–Crippen MR) is 78.4 cm³/mol. The molecule has 1 aliphatic heterocycles. The molecule has 1 aromatic carbocycles. The average Bonchev–Trinajstić information content (AvgIpc) is 2.98. The average molecular weight is 256 g/mol. The number of nitrogens with one attached hydrogen (secondary N) is 1. The molecule has 4 nitrogen and oxygen atoms in total. The zero-order valence-electron chi connectivity index (χ0n) is 11.3. The van der Waals surface area contributed by atoms with Gasteiger partial charge in [-0.3, -0.25) is 0 Å². The molecule has 1 unspecified atom stereocenters. The van der Waals surface area contributed by atoms with Gasteiger partial charge in [0.1, 0.15) is 0 Å². The molecule has 0 radical (unpaired) electrons. The minimum absolute atomic E-state index is 0.542. The highest BCUT2D eigenvalue weighted by molar-refractivity contribution is 5.91. The van der Waals surface area contributed by atoms with Crippen molar-refractivity contribution in [3.8, 4) is 0 Å². The van der Waals surface area contributed by atoms with Crippen LogP contribution in [0, 0.1) is 0 Å². The second-order valence-corrected chi connectivity index (χ2v) is 5.10. The Hall–Kier alpha value is -1.68. The molecule has 0 bridgehead atoms. The van der Waals surface area contributed by atoms with E-state index in [-0.39, 0.29) is 0 Å². The Balaban J connectivity index is 2.03. The molecule has 4 heteroatoms. The Morgan fingerprint density at radius 3 is 3.05 bits per heavy atom. The molecule has 0 spiro atoms. The first-order valence-electron chi connectivity index (χ1n) is 7.08. The van der Waals surface area contributed by atoms with Crippen LogP contribution in [0.3, 0.4) is 0 Å². The van der Waals surface area contributed by atoms with Crippen molar-refractivity contribution in [2.24, 2.45) is 0 Å². The van der Waals surface area contributed by atoms with E-state index in [1.54, 1.807) is 0 Å². The van der Waals surface area contributed by atoms with Crippen molar-refractivity contribution in [2.45, 2.75) is 25.8 Å². The molecule has 1 fully saturated rings. The molecular formula is C15H20N4. The first kappa shape index (κ1) is 12.4. The van der Waals surface area contributed by atoms with Crippen LogP contribution in [0.4, 0.5) is 5.82 Å². The summed E-state index contributed by atoms with van der Waals surface area (Å²) in [6, 6.07) is 8.91. The lowest BCUT2D eigenvalue weighted by Crippen LogP contribution is -2.38. The number of benzene rings is 1. The van der Waals surface area contributed by atoms with Gasteiger partial charge in [0.05, 0.1) is 6.20 Å². The molecule has 0 aliphatic carbocycles. The lowest BCUT2D eigenvalue weighted by molar-refractivity contribution is 0.616. The van der Waals surface area contributed by atoms with Gasteiger partial charge in [-0.25, -0.2) is 0 Å². The van der Waals surface area contributed by atoms with Crippen molar-refractivity contribution in [3.05, 3.63) is 30.5 Å². The molecule has 2 heterocycles. The summed E-state index contributed by atoms with van der Waals surface area (Å²) in [5.74, 6) is 1.04. The summed E-state index contributed by atoms with van der Waals surface area (Å²) in [6.45, 7) is 5.40. The third-order valence-corrected chi connectivity index (χ3v) is 3.76. The van der Waals surface area contributed by atoms with E-state index in [9.17, 15) is 0 Å². The van der Waals surface area contributed by atoms with Crippen molar-refractivity contribution in [3.63, 3.8) is 0 Å². The molecule has 1 saturated heterocycles. The van der Waals surface area contributed by atoms with Gasteiger partial charge < -0.3 is 10.2 Å². The van der Waals surface area contributed by atoms with Gasteiger partial charge in [-0.05, 0) is 19.4 Å². The lowest BCUT2D eigenvalue weighted by Gasteiger charge is -2.29. The molecule has 2 aromatic rings. The fourth-order valence-corrected chi connectivity index (χ4v) is 2.83. The first-order valence-corrected chi connectivity index (χ1v) is 7.08. The van der Waals surface area contributed by atoms with Gasteiger partial charge >= 0.3 is 0 Å². The van der Waals surface area contributed by atoms with Crippen LogP contribution in [-0.2, 0) is 0 Å². The lowest BCUT2D eigenvalue weighted by atomic mass is 10.1. The molecule has 0 amide bonds. The van der Waals surface area contributed by atoms with E-state index in [0.29, 0.717) is 6.04 Å². The molecule has 1 aliphatic rings. The summed E-state index contributed by atoms with van der Waals surface area (Å²) in [5, 5.41) is 14.4. The van der Waals surface area contributed by atoms with Gasteiger partial charge in [0.2, 0.25) is 0 Å². The minimum Gasteiger partial charge on any atom is -0.350 e. The van der Waals surface area contributed by atoms with Crippen molar-refractivity contribution >= 4 is 16.6 Å². The molecule has 1 N–H and O–H groups in total. The van der Waals surface area contributed by atoms with E-state index < -0.39 is 0 Å². The Labute approximate surface area is 113 Å². The van der Waals surface area contributed by atoms with Gasteiger partial charge in [0.25, 0.3) is 0 Å². The number of hydrogen-bond donors (Lipinski definition) is 1. The van der Waals surface area contributed by atoms with E-state index in [1.807, 2.05) is 6.20 Å². The predicted octanol–water partition coefficient (Wildman–Crippen LogP) is 2.21. The molecule has 100 valence electrons. The number of aromatic nitrogens is 2. The Kier molecular flexibility index (Phi) is 3.60. The fourth-order valence-electron chi connectivity index (χ4n) is 2.83. The molecule has 19 heavy (non-hydrogen) atoms. The van der Waals surface area contributed by atoms with Crippen molar-refractivity contribution in [2.75, 3.05) is 24.5 Å². The fraction of sp³-hybridized carbons (Fsp3) is 0.467. The zero-order valence-corrected chi connectivity index (χ0v) is 11.3. The van der Waals surface area contributed by atoms with E-state index in [1.165, 1.54) is 17.2 Å². The maximum atomic E-state index is 4.42. The van der Waals surface area contributed by atoms with Crippen LogP contribution in [0.5, 0.6) is 0 Å². The second kappa shape index (κ2) is 5.53. The maximum Gasteiger partial charge on any atom is 0.159 e. The van der Waals surface area contributed by atoms with E-state index >= 15 is 0 Å². The Morgan fingerprint density at radius 2 is 2.26 bits per heavy atom. The topological polar surface area (TPSA) is 41.1 Å². The Morgan fingerprint density at radius 1 is 1.37 bits per heavy atom. The number of anilines is 1. The summed E-state index contributed by atoms with van der Waals surface area (Å²) in [5.41, 5.74) is 0. The van der Waals surface area contributed by atoms with Crippen LogP contribution >= 0.6 is 0 Å². The highest BCUT2D eigenvalue weighted by Crippen LogP contribution is 2.26. The Bertz CT molecular complexity index is 543. The van der Waals surface area contributed by atoms with Crippen molar-refractivity contribution < 1.29 is 0 Å². The largest absolute Gasteiger partial charge is 0.350 e. The van der Waals surface area contributed by atoms with Gasteiger partial charge in [-0.2, -0.15) is 5.10 Å². The van der Waals surface area contributed by atoms with Crippen LogP contribution in [0.1, 0.15) is 19.8 Å². The van der Waals surface area contributed by atoms with Crippen LogP contribution in [0.2, 0.25) is 0 Å². The third-order valence-electron chi connectivity index (χ3n) is 3.76. The van der Waals surface area contributed by atoms with Gasteiger partial charge in [0, 0.05) is 29.9 Å². The number of nitrogens with zero attached hydrogens (tertiary/aromatic N) is 3. The van der Waals surface area contributed by atoms with Crippen LogP contribution in [0.25, 0.3) is 10.8 Å². The minimum atomic E-state index is 0.542. The van der Waals surface area contributed by atoms with Crippen LogP contribution < -0.4 is 10.2 Å². The number of rotatable bonds is 4. The SMILES string of the molecule is CCCN(c1nncc2ccccc12)C1CCNC1. The smallest absolute Gasteiger partial charge is 0.159 e. The standard InChI is InChI=1S/C15H20N4/c1-2-9-19(13-7-8-16-11-13)15-14-6-4-3-5-12(14)10-17-18-15/h3-6,10,13,16H,2,7-9,11H2,1H3. The zero-order chi connectivity index (χ0) is 13.1. The molecule has 1 aromatic heterocycles. The van der Waals surface area contributed by atoms with Gasteiger partial charge in [0.15, 0.2) is 5.82 Å². The van der Waals surface area contributed by atoms with Gasteiger partial charge in [-0.15, -0.1) is 5.10 Å². The second-order valence-electron chi connectivity index (χ2n) is 5.10. The summed E-state index contributed by atoms with van der Waals surface area (Å²) in [6.07, 6.45) is 4.15. The van der Waals surface area contributed by atoms with Crippen LogP contribution in [-0.4, -0.2) is 35.9 Å². The molecule has 3 rings (SSSR count). The first-order chi connectivity index (χ1) is 9.40. The molecule has 1 atom stereocenters. The molecule has 0 saturated carbocycles. The summed E-state index contributed by atoms with van der Waals surface area (Å²) < 4.78 is 0. The quantitative estimate of drug-likeness (QED) is 0.910. The normalized spacial score (nSPS) is 18.9. The van der Waals surface area contributed by atoms with Crippen molar-refractivity contribution in [1.29, 1.82) is 0 Å². The van der Waals surface area contributed by atoms with E-state index in [4.69, 9.17) is 0 Å².